The molecule has 5 heteroatoms. The molecule has 2 aromatic carbocycles. The van der Waals surface area contributed by atoms with Gasteiger partial charge in [0, 0.05) is 6.08 Å². The molecule has 0 saturated heterocycles. The fourth-order valence-electron chi connectivity index (χ4n) is 2.46. The minimum Gasteiger partial charge on any atom is -0.486 e. The van der Waals surface area contributed by atoms with E-state index < -0.39 is 0 Å². The first-order valence-corrected chi connectivity index (χ1v) is 7.75. The van der Waals surface area contributed by atoms with Crippen molar-refractivity contribution < 1.29 is 18.7 Å². The smallest absolute Gasteiger partial charge is 0.244 e. The molecule has 24 heavy (non-hydrogen) atoms. The number of ether oxygens (including phenoxy) is 2. The molecule has 0 fully saturated rings. The van der Waals surface area contributed by atoms with Gasteiger partial charge in [-0.3, -0.25) is 4.79 Å². The van der Waals surface area contributed by atoms with E-state index in [2.05, 4.69) is 5.32 Å². The molecule has 0 bridgehead atoms. The Labute approximate surface area is 139 Å². The Morgan fingerprint density at radius 1 is 1.17 bits per heavy atom. The number of fused-ring (bicyclic) bond motifs is 1. The number of benzene rings is 2. The van der Waals surface area contributed by atoms with Crippen molar-refractivity contribution in [1.82, 2.24) is 5.32 Å². The third kappa shape index (κ3) is 3.93. The van der Waals surface area contributed by atoms with Crippen molar-refractivity contribution in [2.45, 2.75) is 13.0 Å². The maximum atomic E-state index is 13.1. The molecule has 0 saturated carbocycles. The fourth-order valence-corrected chi connectivity index (χ4v) is 2.46. The summed E-state index contributed by atoms with van der Waals surface area (Å²) in [4.78, 5) is 12.0. The van der Waals surface area contributed by atoms with Crippen LogP contribution in [0, 0.1) is 5.82 Å². The van der Waals surface area contributed by atoms with Crippen molar-refractivity contribution in [3.63, 3.8) is 0 Å². The van der Waals surface area contributed by atoms with Crippen molar-refractivity contribution in [1.29, 1.82) is 0 Å². The third-order valence-electron chi connectivity index (χ3n) is 3.70. The van der Waals surface area contributed by atoms with Gasteiger partial charge in [0.2, 0.25) is 5.91 Å². The molecule has 0 aliphatic carbocycles. The Hall–Kier alpha value is -2.82. The summed E-state index contributed by atoms with van der Waals surface area (Å²) >= 11 is 0. The SMILES string of the molecule is CC(NC(=O)/C=C/c1cccc(F)c1)c1ccc2c(c1)OCCO2. The lowest BCUT2D eigenvalue weighted by Crippen LogP contribution is -2.25. The first-order chi connectivity index (χ1) is 11.6. The van der Waals surface area contributed by atoms with E-state index in [0.29, 0.717) is 24.5 Å². The minimum absolute atomic E-state index is 0.189. The molecular formula is C19H18FNO3. The number of rotatable bonds is 4. The summed E-state index contributed by atoms with van der Waals surface area (Å²) < 4.78 is 24.1. The van der Waals surface area contributed by atoms with Gasteiger partial charge in [0.05, 0.1) is 6.04 Å². The van der Waals surface area contributed by atoms with Gasteiger partial charge in [0.15, 0.2) is 11.5 Å². The zero-order chi connectivity index (χ0) is 16.9. The van der Waals surface area contributed by atoms with Crippen molar-refractivity contribution >= 4 is 12.0 Å². The third-order valence-corrected chi connectivity index (χ3v) is 3.70. The quantitative estimate of drug-likeness (QED) is 0.875. The highest BCUT2D eigenvalue weighted by atomic mass is 19.1. The molecule has 0 radical (unpaired) electrons. The van der Waals surface area contributed by atoms with E-state index in [0.717, 1.165) is 11.3 Å². The topological polar surface area (TPSA) is 47.6 Å². The molecule has 0 spiro atoms. The molecule has 1 atom stereocenters. The van der Waals surface area contributed by atoms with Gasteiger partial charge in [0.1, 0.15) is 19.0 Å². The first-order valence-electron chi connectivity index (χ1n) is 7.75. The maximum absolute atomic E-state index is 13.1. The summed E-state index contributed by atoms with van der Waals surface area (Å²) in [6.07, 6.45) is 2.97. The predicted molar refractivity (Wildman–Crippen MR) is 89.4 cm³/mol. The van der Waals surface area contributed by atoms with Crippen LogP contribution < -0.4 is 14.8 Å². The highest BCUT2D eigenvalue weighted by molar-refractivity contribution is 5.91. The minimum atomic E-state index is -0.331. The van der Waals surface area contributed by atoms with Crippen molar-refractivity contribution in [3.8, 4) is 11.5 Å². The van der Waals surface area contributed by atoms with Crippen LogP contribution >= 0.6 is 0 Å². The van der Waals surface area contributed by atoms with E-state index in [1.54, 1.807) is 18.2 Å². The standard InChI is InChI=1S/C19H18FNO3/c1-13(15-6-7-17-18(12-15)24-10-9-23-17)21-19(22)8-5-14-3-2-4-16(20)11-14/h2-8,11-13H,9-10H2,1H3,(H,21,22)/b8-5+. The van der Waals surface area contributed by atoms with Crippen molar-refractivity contribution in [2.75, 3.05) is 13.2 Å². The number of carbonyl (C=O) groups is 1. The molecule has 1 heterocycles. The largest absolute Gasteiger partial charge is 0.486 e. The van der Waals surface area contributed by atoms with Gasteiger partial charge in [-0.05, 0) is 48.4 Å². The molecule has 4 nitrogen and oxygen atoms in total. The first kappa shape index (κ1) is 16.1. The van der Waals surface area contributed by atoms with Crippen LogP contribution in [0.25, 0.3) is 6.08 Å². The van der Waals surface area contributed by atoms with E-state index >= 15 is 0 Å². The second-order valence-electron chi connectivity index (χ2n) is 5.52. The summed E-state index contributed by atoms with van der Waals surface area (Å²) in [5, 5.41) is 2.87. The van der Waals surface area contributed by atoms with Gasteiger partial charge in [-0.1, -0.05) is 18.2 Å². The van der Waals surface area contributed by atoms with E-state index in [1.807, 2.05) is 25.1 Å². The molecule has 1 amide bonds. The normalized spacial score (nSPS) is 14.4. The Kier molecular flexibility index (Phi) is 4.79. The van der Waals surface area contributed by atoms with E-state index in [1.165, 1.54) is 18.2 Å². The summed E-state index contributed by atoms with van der Waals surface area (Å²) in [6, 6.07) is 11.5. The molecule has 2 aromatic rings. The fraction of sp³-hybridized carbons (Fsp3) is 0.211. The maximum Gasteiger partial charge on any atom is 0.244 e. The van der Waals surface area contributed by atoms with Crippen LogP contribution in [0.4, 0.5) is 4.39 Å². The van der Waals surface area contributed by atoms with E-state index in [9.17, 15) is 9.18 Å². The van der Waals surface area contributed by atoms with Crippen LogP contribution in [-0.4, -0.2) is 19.1 Å². The lowest BCUT2D eigenvalue weighted by molar-refractivity contribution is -0.117. The van der Waals surface area contributed by atoms with Crippen LogP contribution in [-0.2, 0) is 4.79 Å². The highest BCUT2D eigenvalue weighted by Gasteiger charge is 2.15. The summed E-state index contributed by atoms with van der Waals surface area (Å²) in [5.41, 5.74) is 1.56. The Bertz CT molecular complexity index is 773. The Morgan fingerprint density at radius 3 is 2.75 bits per heavy atom. The number of amides is 1. The average molecular weight is 327 g/mol. The monoisotopic (exact) mass is 327 g/mol. The van der Waals surface area contributed by atoms with Gasteiger partial charge < -0.3 is 14.8 Å². The van der Waals surface area contributed by atoms with Crippen LogP contribution in [0.5, 0.6) is 11.5 Å². The predicted octanol–water partition coefficient (Wildman–Crippen LogP) is 3.49. The number of hydrogen-bond donors (Lipinski definition) is 1. The molecule has 1 N–H and O–H groups in total. The Morgan fingerprint density at radius 2 is 1.96 bits per heavy atom. The van der Waals surface area contributed by atoms with Crippen molar-refractivity contribution in [3.05, 3.63) is 65.5 Å². The van der Waals surface area contributed by atoms with Crippen molar-refractivity contribution in [2.24, 2.45) is 0 Å². The summed E-state index contributed by atoms with van der Waals surface area (Å²) in [5.74, 6) is 0.827. The number of nitrogens with one attached hydrogen (secondary N) is 1. The van der Waals surface area contributed by atoms with E-state index in [4.69, 9.17) is 9.47 Å². The number of carbonyl (C=O) groups excluding carboxylic acids is 1. The van der Waals surface area contributed by atoms with Crippen LogP contribution in [0.1, 0.15) is 24.1 Å². The molecule has 1 aliphatic rings. The molecule has 0 aromatic heterocycles. The average Bonchev–Trinajstić information content (AvgIpc) is 2.59. The molecule has 124 valence electrons. The summed E-state index contributed by atoms with van der Waals surface area (Å²) in [7, 11) is 0. The number of hydrogen-bond acceptors (Lipinski definition) is 3. The van der Waals surface area contributed by atoms with Gasteiger partial charge in [-0.2, -0.15) is 0 Å². The van der Waals surface area contributed by atoms with Gasteiger partial charge >= 0.3 is 0 Å². The highest BCUT2D eigenvalue weighted by Crippen LogP contribution is 2.32. The van der Waals surface area contributed by atoms with Gasteiger partial charge in [-0.25, -0.2) is 4.39 Å². The lowest BCUT2D eigenvalue weighted by atomic mass is 10.1. The van der Waals surface area contributed by atoms with Gasteiger partial charge in [-0.15, -0.1) is 0 Å². The lowest BCUT2D eigenvalue weighted by Gasteiger charge is -2.20. The second-order valence-corrected chi connectivity index (χ2v) is 5.52. The van der Waals surface area contributed by atoms with Gasteiger partial charge in [0.25, 0.3) is 0 Å². The van der Waals surface area contributed by atoms with Crippen LogP contribution in [0.3, 0.4) is 0 Å². The Balaban J connectivity index is 1.63. The molecule has 1 unspecified atom stereocenters. The molecular weight excluding hydrogens is 309 g/mol. The number of halogens is 1. The molecule has 1 aliphatic heterocycles. The summed E-state index contributed by atoms with van der Waals surface area (Å²) in [6.45, 7) is 2.95. The second kappa shape index (κ2) is 7.17. The zero-order valence-electron chi connectivity index (χ0n) is 13.3. The van der Waals surface area contributed by atoms with Crippen LogP contribution in [0.15, 0.2) is 48.5 Å². The molecule has 3 rings (SSSR count). The van der Waals surface area contributed by atoms with E-state index in [-0.39, 0.29) is 17.8 Å². The zero-order valence-corrected chi connectivity index (χ0v) is 13.3. The van der Waals surface area contributed by atoms with Crippen LogP contribution in [0.2, 0.25) is 0 Å².